The zero-order valence-electron chi connectivity index (χ0n) is 34.0. The highest BCUT2D eigenvalue weighted by molar-refractivity contribution is 6.28. The van der Waals surface area contributed by atoms with Gasteiger partial charge in [-0.3, -0.25) is 0 Å². The monoisotopic (exact) mass is 785 g/mol. The van der Waals surface area contributed by atoms with E-state index < -0.39 is 5.41 Å². The van der Waals surface area contributed by atoms with Crippen molar-refractivity contribution in [3.8, 4) is 44.5 Å². The van der Waals surface area contributed by atoms with Gasteiger partial charge in [-0.2, -0.15) is 0 Å². The van der Waals surface area contributed by atoms with Crippen molar-refractivity contribution in [1.29, 1.82) is 0 Å². The number of nitrogens with zero attached hydrogens (tertiary/aromatic N) is 1. The first-order chi connectivity index (χ1) is 30.8. The third-order valence-electron chi connectivity index (χ3n) is 13.7. The summed E-state index contributed by atoms with van der Waals surface area (Å²) in [6.45, 7) is 0. The van der Waals surface area contributed by atoms with Gasteiger partial charge in [-0.1, -0.05) is 206 Å². The lowest BCUT2D eigenvalue weighted by atomic mass is 9.70. The van der Waals surface area contributed by atoms with Gasteiger partial charge in [0.15, 0.2) is 0 Å². The van der Waals surface area contributed by atoms with E-state index in [1.54, 1.807) is 0 Å². The van der Waals surface area contributed by atoms with Crippen LogP contribution in [0.15, 0.2) is 237 Å². The molecule has 62 heavy (non-hydrogen) atoms. The van der Waals surface area contributed by atoms with Crippen molar-refractivity contribution < 1.29 is 0 Å². The normalized spacial score (nSPS) is 13.0. The molecule has 1 nitrogen and oxygen atoms in total. The number of hydrogen-bond donors (Lipinski definition) is 0. The average Bonchev–Trinajstić information content (AvgIpc) is 3.82. The van der Waals surface area contributed by atoms with E-state index in [4.69, 9.17) is 0 Å². The second-order valence-corrected chi connectivity index (χ2v) is 16.7. The molecular formula is C61H39N. The first-order valence-electron chi connectivity index (χ1n) is 21.6. The van der Waals surface area contributed by atoms with Crippen LogP contribution >= 0.6 is 0 Å². The highest BCUT2D eigenvalue weighted by Crippen LogP contribution is 2.63. The fourth-order valence-corrected chi connectivity index (χ4v) is 11.2. The molecule has 0 N–H and O–H groups in total. The Morgan fingerprint density at radius 2 is 0.661 bits per heavy atom. The Balaban J connectivity index is 1.09. The van der Waals surface area contributed by atoms with Crippen LogP contribution in [0.1, 0.15) is 22.3 Å². The topological polar surface area (TPSA) is 3.24 Å². The molecule has 0 radical (unpaired) electrons. The van der Waals surface area contributed by atoms with Crippen LogP contribution in [0.4, 0.5) is 17.1 Å². The lowest BCUT2D eigenvalue weighted by Crippen LogP contribution is -2.26. The second kappa shape index (κ2) is 13.5. The van der Waals surface area contributed by atoms with Crippen LogP contribution < -0.4 is 4.90 Å². The zero-order chi connectivity index (χ0) is 40.8. The van der Waals surface area contributed by atoms with Gasteiger partial charge in [0.1, 0.15) is 0 Å². The summed E-state index contributed by atoms with van der Waals surface area (Å²) in [5, 5.41) is 7.54. The molecule has 288 valence electrons. The maximum Gasteiger partial charge on any atom is 0.0726 e. The molecular weight excluding hydrogens is 747 g/mol. The highest BCUT2D eigenvalue weighted by atomic mass is 15.1. The Morgan fingerprint density at radius 1 is 0.258 bits per heavy atom. The zero-order valence-corrected chi connectivity index (χ0v) is 34.0. The molecule has 0 aromatic heterocycles. The summed E-state index contributed by atoms with van der Waals surface area (Å²) in [5.41, 5.74) is 18.4. The Kier molecular flexibility index (Phi) is 7.59. The van der Waals surface area contributed by atoms with Gasteiger partial charge in [-0.25, -0.2) is 0 Å². The van der Waals surface area contributed by atoms with Crippen molar-refractivity contribution in [1.82, 2.24) is 0 Å². The van der Waals surface area contributed by atoms with Crippen molar-refractivity contribution in [2.45, 2.75) is 5.41 Å². The smallest absolute Gasteiger partial charge is 0.0726 e. The summed E-state index contributed by atoms with van der Waals surface area (Å²) < 4.78 is 0. The minimum Gasteiger partial charge on any atom is -0.310 e. The van der Waals surface area contributed by atoms with Gasteiger partial charge in [0.05, 0.1) is 11.1 Å². The SMILES string of the molecule is c1ccc(-c2ccccc2-c2ccc(N(c3ccc4c(c3)C3(c5ccccc5-c5ccccc53)c3ccccc3-4)c3cccc4c5ccccc5c5ccccc5c34)cc2)cc1. The van der Waals surface area contributed by atoms with E-state index in [9.17, 15) is 0 Å². The lowest BCUT2D eigenvalue weighted by Gasteiger charge is -2.32. The molecule has 0 aliphatic heterocycles. The van der Waals surface area contributed by atoms with E-state index in [2.05, 4.69) is 241 Å². The molecule has 2 aliphatic rings. The second-order valence-electron chi connectivity index (χ2n) is 16.7. The Morgan fingerprint density at radius 3 is 1.23 bits per heavy atom. The molecule has 0 atom stereocenters. The molecule has 1 heteroatoms. The first kappa shape index (κ1) is 34.8. The molecule has 0 fully saturated rings. The molecule has 0 saturated carbocycles. The van der Waals surface area contributed by atoms with Crippen LogP contribution in [0.5, 0.6) is 0 Å². The van der Waals surface area contributed by atoms with Crippen molar-refractivity contribution in [2.24, 2.45) is 0 Å². The van der Waals surface area contributed by atoms with E-state index in [1.165, 1.54) is 99.1 Å². The Hall–Kier alpha value is -8.00. The number of fused-ring (bicyclic) bond motifs is 16. The predicted octanol–water partition coefficient (Wildman–Crippen LogP) is 16.3. The minimum atomic E-state index is -0.451. The van der Waals surface area contributed by atoms with Gasteiger partial charge in [0.25, 0.3) is 0 Å². The van der Waals surface area contributed by atoms with Crippen LogP contribution in [0.25, 0.3) is 76.8 Å². The molecule has 0 saturated heterocycles. The van der Waals surface area contributed by atoms with Crippen molar-refractivity contribution in [2.75, 3.05) is 4.90 Å². The van der Waals surface area contributed by atoms with Crippen LogP contribution in [-0.2, 0) is 5.41 Å². The standard InChI is InChI=1S/C61H39N/c1-2-17-40(18-3-1)44-19-4-5-20-45(44)41-33-35-42(36-34-41)62(59-32-16-28-54-48-22-7-6-21-46(48)47-23-8-9-27-53(47)60(54)59)43-37-38-52-51-26-12-15-31-57(51)61(58(52)39-43)55-29-13-10-24-49(55)50-25-11-14-30-56(50)61/h1-39H. The molecule has 11 aromatic carbocycles. The molecule has 0 amide bonds. The van der Waals surface area contributed by atoms with Gasteiger partial charge in [0, 0.05) is 16.8 Å². The van der Waals surface area contributed by atoms with Gasteiger partial charge in [-0.15, -0.1) is 0 Å². The van der Waals surface area contributed by atoms with E-state index >= 15 is 0 Å². The Bertz CT molecular complexity index is 3470. The molecule has 0 unspecified atom stereocenters. The van der Waals surface area contributed by atoms with Crippen molar-refractivity contribution in [3.63, 3.8) is 0 Å². The summed E-state index contributed by atoms with van der Waals surface area (Å²) in [4.78, 5) is 2.51. The van der Waals surface area contributed by atoms with E-state index in [1.807, 2.05) is 0 Å². The molecule has 11 aromatic rings. The highest BCUT2D eigenvalue weighted by Gasteiger charge is 2.51. The average molecular weight is 786 g/mol. The minimum absolute atomic E-state index is 0.451. The summed E-state index contributed by atoms with van der Waals surface area (Å²) in [5.74, 6) is 0. The van der Waals surface area contributed by atoms with Crippen molar-refractivity contribution in [3.05, 3.63) is 259 Å². The summed E-state index contributed by atoms with van der Waals surface area (Å²) >= 11 is 0. The first-order valence-corrected chi connectivity index (χ1v) is 21.6. The summed E-state index contributed by atoms with van der Waals surface area (Å²) in [7, 11) is 0. The van der Waals surface area contributed by atoms with E-state index in [0.717, 1.165) is 17.1 Å². The fourth-order valence-electron chi connectivity index (χ4n) is 11.2. The maximum atomic E-state index is 2.51. The molecule has 0 heterocycles. The van der Waals surface area contributed by atoms with Gasteiger partial charge < -0.3 is 4.90 Å². The summed E-state index contributed by atoms with van der Waals surface area (Å²) in [6, 6.07) is 87.8. The van der Waals surface area contributed by atoms with Crippen LogP contribution in [0, 0.1) is 0 Å². The number of rotatable bonds is 5. The van der Waals surface area contributed by atoms with Crippen LogP contribution in [0.2, 0.25) is 0 Å². The maximum absolute atomic E-state index is 2.51. The van der Waals surface area contributed by atoms with Crippen LogP contribution in [0.3, 0.4) is 0 Å². The van der Waals surface area contributed by atoms with Crippen molar-refractivity contribution >= 4 is 49.4 Å². The third-order valence-corrected chi connectivity index (χ3v) is 13.7. The van der Waals surface area contributed by atoms with Crippen LogP contribution in [-0.4, -0.2) is 0 Å². The predicted molar refractivity (Wildman–Crippen MR) is 261 cm³/mol. The number of hydrogen-bond acceptors (Lipinski definition) is 1. The quantitative estimate of drug-likeness (QED) is 0.157. The fraction of sp³-hybridized carbons (Fsp3) is 0.0164. The lowest BCUT2D eigenvalue weighted by molar-refractivity contribution is 0.793. The van der Waals surface area contributed by atoms with Gasteiger partial charge >= 0.3 is 0 Å². The number of anilines is 3. The van der Waals surface area contributed by atoms with Gasteiger partial charge in [0.2, 0.25) is 0 Å². The number of benzene rings is 11. The Labute approximate surface area is 361 Å². The van der Waals surface area contributed by atoms with Gasteiger partial charge in [-0.05, 0) is 124 Å². The molecule has 13 rings (SSSR count). The third kappa shape index (κ3) is 4.85. The summed E-state index contributed by atoms with van der Waals surface area (Å²) in [6.07, 6.45) is 0. The molecule has 2 aliphatic carbocycles. The van der Waals surface area contributed by atoms with E-state index in [-0.39, 0.29) is 0 Å². The molecule has 0 bridgehead atoms. The molecule has 1 spiro atoms. The van der Waals surface area contributed by atoms with E-state index in [0.29, 0.717) is 0 Å². The largest absolute Gasteiger partial charge is 0.310 e.